The molecule has 0 aliphatic heterocycles. The molecule has 1 unspecified atom stereocenters. The summed E-state index contributed by atoms with van der Waals surface area (Å²) < 4.78 is 27.1. The predicted octanol–water partition coefficient (Wildman–Crippen LogP) is 4.77. The maximum absolute atomic E-state index is 13.6. The predicted molar refractivity (Wildman–Crippen MR) is 74.3 cm³/mol. The van der Waals surface area contributed by atoms with Gasteiger partial charge in [0.1, 0.15) is 17.7 Å². The third kappa shape index (κ3) is 2.96. The second-order valence-corrected chi connectivity index (χ2v) is 5.45. The summed E-state index contributed by atoms with van der Waals surface area (Å²) in [6.45, 7) is 1.63. The summed E-state index contributed by atoms with van der Waals surface area (Å²) in [5.74, 6) is -0.911. The molecule has 0 radical (unpaired) electrons. The maximum Gasteiger partial charge on any atom is 0.126 e. The summed E-state index contributed by atoms with van der Waals surface area (Å²) in [6.07, 6.45) is -1.13. The first-order valence-electron chi connectivity index (χ1n) is 5.48. The van der Waals surface area contributed by atoms with Crippen LogP contribution in [0.1, 0.15) is 22.8 Å². The van der Waals surface area contributed by atoms with Crippen LogP contribution in [0.4, 0.5) is 8.78 Å². The Labute approximate surface area is 123 Å². The van der Waals surface area contributed by atoms with E-state index in [2.05, 4.69) is 15.9 Å². The maximum atomic E-state index is 13.6. The molecule has 5 heteroatoms. The standard InChI is InChI=1S/C14H10BrClF2O/c1-7-4-11(15)10(6-13(7)18)14(19)9-3-2-8(17)5-12(9)16/h2-6,14,19H,1H3. The van der Waals surface area contributed by atoms with Crippen LogP contribution >= 0.6 is 27.5 Å². The number of benzene rings is 2. The van der Waals surface area contributed by atoms with Crippen molar-refractivity contribution < 1.29 is 13.9 Å². The molecule has 0 saturated heterocycles. The van der Waals surface area contributed by atoms with Crippen LogP contribution in [0, 0.1) is 18.6 Å². The van der Waals surface area contributed by atoms with Crippen molar-refractivity contribution in [3.05, 3.63) is 68.2 Å². The van der Waals surface area contributed by atoms with Crippen molar-refractivity contribution in [3.8, 4) is 0 Å². The normalized spacial score (nSPS) is 12.5. The van der Waals surface area contributed by atoms with E-state index in [9.17, 15) is 13.9 Å². The van der Waals surface area contributed by atoms with Gasteiger partial charge in [0.25, 0.3) is 0 Å². The number of rotatable bonds is 2. The third-order valence-electron chi connectivity index (χ3n) is 2.83. The van der Waals surface area contributed by atoms with Crippen LogP contribution in [0.15, 0.2) is 34.8 Å². The summed E-state index contributed by atoms with van der Waals surface area (Å²) in [4.78, 5) is 0. The first-order chi connectivity index (χ1) is 8.90. The Balaban J connectivity index is 2.49. The zero-order valence-electron chi connectivity index (χ0n) is 9.92. The number of aryl methyl sites for hydroxylation is 1. The second kappa shape index (κ2) is 5.57. The molecule has 100 valence electrons. The fraction of sp³-hybridized carbons (Fsp3) is 0.143. The Hall–Kier alpha value is -0.970. The molecule has 2 aromatic carbocycles. The van der Waals surface area contributed by atoms with Crippen LogP contribution in [0.25, 0.3) is 0 Å². The van der Waals surface area contributed by atoms with Crippen molar-refractivity contribution in [3.63, 3.8) is 0 Å². The van der Waals surface area contributed by atoms with Crippen molar-refractivity contribution in [2.24, 2.45) is 0 Å². The fourth-order valence-corrected chi connectivity index (χ4v) is 2.71. The highest BCUT2D eigenvalue weighted by Crippen LogP contribution is 2.34. The van der Waals surface area contributed by atoms with Crippen molar-refractivity contribution in [1.29, 1.82) is 0 Å². The lowest BCUT2D eigenvalue weighted by atomic mass is 10.00. The number of aliphatic hydroxyl groups is 1. The summed E-state index contributed by atoms with van der Waals surface area (Å²) >= 11 is 9.16. The lowest BCUT2D eigenvalue weighted by Crippen LogP contribution is -2.03. The smallest absolute Gasteiger partial charge is 0.126 e. The summed E-state index contributed by atoms with van der Waals surface area (Å²) in [5, 5.41) is 10.4. The summed E-state index contributed by atoms with van der Waals surface area (Å²) in [5.41, 5.74) is 1.14. The Bertz CT molecular complexity index is 631. The number of hydrogen-bond donors (Lipinski definition) is 1. The van der Waals surface area contributed by atoms with Gasteiger partial charge in [0, 0.05) is 20.6 Å². The van der Waals surface area contributed by atoms with E-state index < -0.39 is 17.7 Å². The fourth-order valence-electron chi connectivity index (χ4n) is 1.76. The average Bonchev–Trinajstić information content (AvgIpc) is 2.33. The largest absolute Gasteiger partial charge is 0.384 e. The van der Waals surface area contributed by atoms with Gasteiger partial charge in [-0.1, -0.05) is 33.6 Å². The van der Waals surface area contributed by atoms with Crippen LogP contribution < -0.4 is 0 Å². The van der Waals surface area contributed by atoms with E-state index in [1.165, 1.54) is 18.2 Å². The number of aliphatic hydroxyl groups excluding tert-OH is 1. The topological polar surface area (TPSA) is 20.2 Å². The first kappa shape index (κ1) is 14.4. The van der Waals surface area contributed by atoms with E-state index in [1.54, 1.807) is 13.0 Å². The molecular formula is C14H10BrClF2O. The number of hydrogen-bond acceptors (Lipinski definition) is 1. The molecule has 1 atom stereocenters. The molecule has 0 saturated carbocycles. The average molecular weight is 348 g/mol. The number of halogens is 4. The molecule has 0 aliphatic rings. The molecule has 0 amide bonds. The van der Waals surface area contributed by atoms with Gasteiger partial charge in [-0.15, -0.1) is 0 Å². The van der Waals surface area contributed by atoms with Crippen LogP contribution in [-0.4, -0.2) is 5.11 Å². The van der Waals surface area contributed by atoms with Gasteiger partial charge in [-0.05, 0) is 36.8 Å². The molecule has 1 N–H and O–H groups in total. The molecule has 2 aromatic rings. The van der Waals surface area contributed by atoms with Crippen molar-refractivity contribution in [1.82, 2.24) is 0 Å². The van der Waals surface area contributed by atoms with E-state index >= 15 is 0 Å². The molecule has 0 aliphatic carbocycles. The van der Waals surface area contributed by atoms with Crippen LogP contribution in [0.3, 0.4) is 0 Å². The van der Waals surface area contributed by atoms with Gasteiger partial charge in [-0.25, -0.2) is 8.78 Å². The third-order valence-corrected chi connectivity index (χ3v) is 3.84. The molecule has 0 heterocycles. The minimum atomic E-state index is -1.13. The van der Waals surface area contributed by atoms with E-state index in [1.807, 2.05) is 0 Å². The zero-order valence-corrected chi connectivity index (χ0v) is 12.3. The highest BCUT2D eigenvalue weighted by Gasteiger charge is 2.18. The first-order valence-corrected chi connectivity index (χ1v) is 6.66. The minimum Gasteiger partial charge on any atom is -0.384 e. The van der Waals surface area contributed by atoms with Crippen LogP contribution in [0.5, 0.6) is 0 Å². The molecule has 0 bridgehead atoms. The lowest BCUT2D eigenvalue weighted by molar-refractivity contribution is 0.219. The van der Waals surface area contributed by atoms with Gasteiger partial charge in [0.2, 0.25) is 0 Å². The van der Waals surface area contributed by atoms with Crippen LogP contribution in [0.2, 0.25) is 5.02 Å². The molecule has 1 nitrogen and oxygen atoms in total. The van der Waals surface area contributed by atoms with E-state index in [-0.39, 0.29) is 5.02 Å². The highest BCUT2D eigenvalue weighted by atomic mass is 79.9. The molecular weight excluding hydrogens is 338 g/mol. The van der Waals surface area contributed by atoms with Gasteiger partial charge < -0.3 is 5.11 Å². The Morgan fingerprint density at radius 1 is 1.16 bits per heavy atom. The van der Waals surface area contributed by atoms with E-state index in [4.69, 9.17) is 11.6 Å². The SMILES string of the molecule is Cc1cc(Br)c(C(O)c2ccc(F)cc2Cl)cc1F. The molecule has 0 aromatic heterocycles. The quantitative estimate of drug-likeness (QED) is 0.829. The van der Waals surface area contributed by atoms with Gasteiger partial charge >= 0.3 is 0 Å². The van der Waals surface area contributed by atoms with Gasteiger partial charge in [-0.3, -0.25) is 0 Å². The highest BCUT2D eigenvalue weighted by molar-refractivity contribution is 9.10. The van der Waals surface area contributed by atoms with Crippen molar-refractivity contribution in [2.75, 3.05) is 0 Å². The van der Waals surface area contributed by atoms with E-state index in [0.29, 0.717) is 21.2 Å². The second-order valence-electron chi connectivity index (χ2n) is 4.19. The zero-order chi connectivity index (χ0) is 14.2. The van der Waals surface area contributed by atoms with Crippen molar-refractivity contribution >= 4 is 27.5 Å². The van der Waals surface area contributed by atoms with Gasteiger partial charge in [0.15, 0.2) is 0 Å². The Morgan fingerprint density at radius 3 is 2.47 bits per heavy atom. The molecule has 2 rings (SSSR count). The molecule has 19 heavy (non-hydrogen) atoms. The van der Waals surface area contributed by atoms with Gasteiger partial charge in [0.05, 0.1) is 0 Å². The molecule has 0 fully saturated rings. The molecule has 0 spiro atoms. The summed E-state index contributed by atoms with van der Waals surface area (Å²) in [6, 6.07) is 6.50. The minimum absolute atomic E-state index is 0.0976. The van der Waals surface area contributed by atoms with Gasteiger partial charge in [-0.2, -0.15) is 0 Å². The van der Waals surface area contributed by atoms with Crippen LogP contribution in [-0.2, 0) is 0 Å². The summed E-state index contributed by atoms with van der Waals surface area (Å²) in [7, 11) is 0. The monoisotopic (exact) mass is 346 g/mol. The van der Waals surface area contributed by atoms with Crippen molar-refractivity contribution in [2.45, 2.75) is 13.0 Å². The lowest BCUT2D eigenvalue weighted by Gasteiger charge is -2.15. The Morgan fingerprint density at radius 2 is 1.84 bits per heavy atom. The Kier molecular flexibility index (Phi) is 4.23. The van der Waals surface area contributed by atoms with E-state index in [0.717, 1.165) is 6.07 Å².